The van der Waals surface area contributed by atoms with Gasteiger partial charge in [-0.3, -0.25) is 0 Å². The van der Waals surface area contributed by atoms with Crippen LogP contribution in [-0.4, -0.2) is 17.3 Å². The summed E-state index contributed by atoms with van der Waals surface area (Å²) in [6.45, 7) is 10.3. The van der Waals surface area contributed by atoms with Crippen LogP contribution in [0.15, 0.2) is 0 Å². The zero-order valence-corrected chi connectivity index (χ0v) is 8.85. The average Bonchev–Trinajstić information content (AvgIpc) is 1.78. The first kappa shape index (κ1) is 11.9. The van der Waals surface area contributed by atoms with E-state index in [1.165, 1.54) is 0 Å². The van der Waals surface area contributed by atoms with Crippen LogP contribution in [0.2, 0.25) is 0 Å². The minimum atomic E-state index is -0.745. The van der Waals surface area contributed by atoms with Crippen LogP contribution in [-0.2, 0) is 0 Å². The molecule has 0 aromatic rings. The van der Waals surface area contributed by atoms with Crippen LogP contribution in [0, 0.1) is 10.6 Å². The second-order valence-corrected chi connectivity index (χ2v) is 5.07. The summed E-state index contributed by atoms with van der Waals surface area (Å²) in [6, 6.07) is 0. The van der Waals surface area contributed by atoms with Crippen LogP contribution in [0.3, 0.4) is 0 Å². The molecule has 2 N–H and O–H groups in total. The summed E-state index contributed by atoms with van der Waals surface area (Å²) in [5.41, 5.74) is 5.08. The molecular weight excluding hydrogens is 152 g/mol. The van der Waals surface area contributed by atoms with Gasteiger partial charge in [-0.25, -0.2) is 0 Å². The molecule has 0 unspecified atom stereocenters. The molecule has 0 fully saturated rings. The van der Waals surface area contributed by atoms with E-state index < -0.39 is 5.66 Å². The van der Waals surface area contributed by atoms with Crippen LogP contribution < -0.4 is 5.73 Å². The van der Waals surface area contributed by atoms with Gasteiger partial charge in [0.1, 0.15) is 0 Å². The van der Waals surface area contributed by atoms with Gasteiger partial charge in [-0.1, -0.05) is 20.8 Å². The fourth-order valence-corrected chi connectivity index (χ4v) is 0.725. The molecule has 0 aromatic heterocycles. The Hall–Kier alpha value is -0.120. The Morgan fingerprint density at radius 1 is 1.17 bits per heavy atom. The molecule has 3 heteroatoms. The number of nitrogens with zero attached hydrogens (tertiary/aromatic N) is 1. The van der Waals surface area contributed by atoms with Crippen LogP contribution in [0.5, 0.6) is 0 Å². The largest absolute Gasteiger partial charge is 0.784 e. The summed E-state index contributed by atoms with van der Waals surface area (Å²) in [5.74, 6) is 0. The molecule has 0 rings (SSSR count). The number of hydroxylamine groups is 2. The maximum absolute atomic E-state index is 11.3. The maximum Gasteiger partial charge on any atom is 0.0514 e. The second kappa shape index (κ2) is 3.73. The SMILES string of the molecule is CC(C)(C)CCN([O-])C(C)(C)N. The molecule has 0 aliphatic carbocycles. The van der Waals surface area contributed by atoms with Crippen molar-refractivity contribution in [2.75, 3.05) is 6.54 Å². The van der Waals surface area contributed by atoms with Gasteiger partial charge in [0.15, 0.2) is 0 Å². The maximum atomic E-state index is 11.3. The van der Waals surface area contributed by atoms with Gasteiger partial charge in [-0.15, -0.1) is 0 Å². The monoisotopic (exact) mass is 173 g/mol. The molecule has 12 heavy (non-hydrogen) atoms. The van der Waals surface area contributed by atoms with Gasteiger partial charge in [0.05, 0.1) is 5.66 Å². The van der Waals surface area contributed by atoms with E-state index in [1.807, 2.05) is 0 Å². The Kier molecular flexibility index (Phi) is 3.69. The van der Waals surface area contributed by atoms with Crippen molar-refractivity contribution in [2.24, 2.45) is 11.1 Å². The van der Waals surface area contributed by atoms with E-state index in [4.69, 9.17) is 5.73 Å². The predicted molar refractivity (Wildman–Crippen MR) is 52.4 cm³/mol. The zero-order valence-electron chi connectivity index (χ0n) is 8.85. The van der Waals surface area contributed by atoms with Gasteiger partial charge in [0.2, 0.25) is 0 Å². The predicted octanol–water partition coefficient (Wildman–Crippen LogP) is 1.92. The molecule has 74 valence electrons. The molecule has 0 aliphatic rings. The smallest absolute Gasteiger partial charge is 0.0514 e. The molecule has 3 nitrogen and oxygen atoms in total. The third kappa shape index (κ3) is 5.52. The van der Waals surface area contributed by atoms with Crippen molar-refractivity contribution in [3.05, 3.63) is 5.21 Å². The Morgan fingerprint density at radius 2 is 1.58 bits per heavy atom. The van der Waals surface area contributed by atoms with Gasteiger partial charge < -0.3 is 16.0 Å². The molecule has 0 amide bonds. The molecule has 0 radical (unpaired) electrons. The molecule has 0 spiro atoms. The summed E-state index contributed by atoms with van der Waals surface area (Å²) < 4.78 is 0. The highest BCUT2D eigenvalue weighted by atomic mass is 16.5. The van der Waals surface area contributed by atoms with E-state index in [-0.39, 0.29) is 5.41 Å². The van der Waals surface area contributed by atoms with E-state index >= 15 is 0 Å². The average molecular weight is 173 g/mol. The Balaban J connectivity index is 3.80. The summed E-state index contributed by atoms with van der Waals surface area (Å²) >= 11 is 0. The molecule has 0 saturated heterocycles. The quantitative estimate of drug-likeness (QED) is 0.524. The number of hydrogen-bond acceptors (Lipinski definition) is 3. The molecule has 0 bridgehead atoms. The Labute approximate surface area is 75.5 Å². The first-order chi connectivity index (χ1) is 5.13. The highest BCUT2D eigenvalue weighted by molar-refractivity contribution is 4.76. The lowest BCUT2D eigenvalue weighted by molar-refractivity contribution is 0.168. The van der Waals surface area contributed by atoms with Gasteiger partial charge in [-0.05, 0) is 32.2 Å². The first-order valence-corrected chi connectivity index (χ1v) is 4.36. The van der Waals surface area contributed by atoms with Crippen LogP contribution in [0.4, 0.5) is 0 Å². The van der Waals surface area contributed by atoms with Gasteiger partial charge in [0, 0.05) is 0 Å². The molecule has 0 saturated carbocycles. The van der Waals surface area contributed by atoms with E-state index in [2.05, 4.69) is 20.8 Å². The van der Waals surface area contributed by atoms with Crippen molar-refractivity contribution in [2.45, 2.75) is 46.7 Å². The van der Waals surface area contributed by atoms with Crippen molar-refractivity contribution >= 4 is 0 Å². The van der Waals surface area contributed by atoms with Crippen molar-refractivity contribution in [3.63, 3.8) is 0 Å². The van der Waals surface area contributed by atoms with Crippen molar-refractivity contribution in [1.29, 1.82) is 0 Å². The minimum Gasteiger partial charge on any atom is -0.784 e. The lowest BCUT2D eigenvalue weighted by Gasteiger charge is -2.42. The van der Waals surface area contributed by atoms with Crippen LogP contribution in [0.25, 0.3) is 0 Å². The van der Waals surface area contributed by atoms with Crippen molar-refractivity contribution in [3.8, 4) is 0 Å². The van der Waals surface area contributed by atoms with E-state index in [0.717, 1.165) is 11.5 Å². The fraction of sp³-hybridized carbons (Fsp3) is 1.00. The summed E-state index contributed by atoms with van der Waals surface area (Å²) in [5, 5.41) is 12.2. The molecular formula is C9H21N2O-. The van der Waals surface area contributed by atoms with E-state index in [9.17, 15) is 5.21 Å². The van der Waals surface area contributed by atoms with Gasteiger partial charge in [0.25, 0.3) is 0 Å². The van der Waals surface area contributed by atoms with E-state index in [0.29, 0.717) is 6.54 Å². The number of nitrogens with two attached hydrogens (primary N) is 1. The van der Waals surface area contributed by atoms with E-state index in [1.54, 1.807) is 13.8 Å². The van der Waals surface area contributed by atoms with Crippen LogP contribution >= 0.6 is 0 Å². The zero-order chi connectivity index (χ0) is 9.99. The summed E-state index contributed by atoms with van der Waals surface area (Å²) in [6.07, 6.45) is 0.872. The number of rotatable bonds is 3. The second-order valence-electron chi connectivity index (χ2n) is 5.07. The standard InChI is InChI=1S/C9H21N2O/c1-8(2,3)6-7-11(12)9(4,5)10/h6-7,10H2,1-5H3/q-1. The van der Waals surface area contributed by atoms with Crippen LogP contribution in [0.1, 0.15) is 41.0 Å². The van der Waals surface area contributed by atoms with Crippen molar-refractivity contribution in [1.82, 2.24) is 5.06 Å². The lowest BCUT2D eigenvalue weighted by Crippen LogP contribution is -2.48. The Morgan fingerprint density at radius 3 is 1.83 bits per heavy atom. The minimum absolute atomic E-state index is 0.202. The van der Waals surface area contributed by atoms with Gasteiger partial charge in [-0.2, -0.15) is 0 Å². The Bertz CT molecular complexity index is 132. The fourth-order valence-electron chi connectivity index (χ4n) is 0.725. The number of hydrogen-bond donors (Lipinski definition) is 1. The molecule has 0 atom stereocenters. The summed E-state index contributed by atoms with van der Waals surface area (Å²) in [4.78, 5) is 0. The topological polar surface area (TPSA) is 52.3 Å². The van der Waals surface area contributed by atoms with Gasteiger partial charge >= 0.3 is 0 Å². The summed E-state index contributed by atoms with van der Waals surface area (Å²) in [7, 11) is 0. The third-order valence-electron chi connectivity index (χ3n) is 1.71. The molecule has 0 aliphatic heterocycles. The van der Waals surface area contributed by atoms with Crippen molar-refractivity contribution < 1.29 is 0 Å². The third-order valence-corrected chi connectivity index (χ3v) is 1.71. The highest BCUT2D eigenvalue weighted by Gasteiger charge is 2.15. The lowest BCUT2D eigenvalue weighted by atomic mass is 9.92. The highest BCUT2D eigenvalue weighted by Crippen LogP contribution is 2.20. The molecule has 0 aromatic carbocycles. The first-order valence-electron chi connectivity index (χ1n) is 4.36. The molecule has 0 heterocycles. The normalized spacial score (nSPS) is 14.0.